The first-order valence-corrected chi connectivity index (χ1v) is 5.38. The van der Waals surface area contributed by atoms with Crippen LogP contribution in [0.1, 0.15) is 48.0 Å². The Morgan fingerprint density at radius 2 is 1.47 bits per heavy atom. The Morgan fingerprint density at radius 3 is 1.53 bits per heavy atom. The van der Waals surface area contributed by atoms with Crippen LogP contribution in [-0.2, 0) is 14.3 Å². The molecule has 0 aromatic rings. The van der Waals surface area contributed by atoms with Crippen molar-refractivity contribution in [3.8, 4) is 0 Å². The molecule has 0 saturated carbocycles. The van der Waals surface area contributed by atoms with Gasteiger partial charge in [0.25, 0.3) is 0 Å². The number of rotatable bonds is 4. The highest BCUT2D eigenvalue weighted by atomic mass is 16.5. The van der Waals surface area contributed by atoms with E-state index in [1.165, 1.54) is 6.92 Å². The van der Waals surface area contributed by atoms with Crippen LogP contribution in [0.15, 0.2) is 0 Å². The van der Waals surface area contributed by atoms with Crippen LogP contribution in [0.4, 0.5) is 0 Å². The molecule has 0 amide bonds. The van der Waals surface area contributed by atoms with E-state index in [1.54, 1.807) is 6.92 Å². The number of ether oxygens (including phenoxy) is 1. The average molecular weight is 216 g/mol. The van der Waals surface area contributed by atoms with E-state index < -0.39 is 0 Å². The van der Waals surface area contributed by atoms with Gasteiger partial charge in [0.05, 0.1) is 6.61 Å². The van der Waals surface area contributed by atoms with Gasteiger partial charge in [-0.2, -0.15) is 0 Å². The molecule has 3 nitrogen and oxygen atoms in total. The van der Waals surface area contributed by atoms with E-state index >= 15 is 0 Å². The van der Waals surface area contributed by atoms with Gasteiger partial charge in [-0.3, -0.25) is 4.79 Å². The molecule has 15 heavy (non-hydrogen) atoms. The molecule has 0 aliphatic carbocycles. The van der Waals surface area contributed by atoms with E-state index in [4.69, 9.17) is 0 Å². The van der Waals surface area contributed by atoms with Gasteiger partial charge < -0.3 is 9.53 Å². The van der Waals surface area contributed by atoms with Crippen LogP contribution >= 0.6 is 0 Å². The predicted molar refractivity (Wildman–Crippen MR) is 61.6 cm³/mol. The molecule has 0 aromatic carbocycles. The molecule has 0 unspecified atom stereocenters. The molecular weight excluding hydrogens is 192 g/mol. The predicted octanol–water partition coefficient (Wildman–Crippen LogP) is 2.83. The van der Waals surface area contributed by atoms with Gasteiger partial charge in [0.1, 0.15) is 5.78 Å². The average Bonchev–Trinajstić information content (AvgIpc) is 1.99. The maximum Gasteiger partial charge on any atom is 0.302 e. The Bertz CT molecular complexity index is 183. The molecule has 0 aliphatic heterocycles. The maximum absolute atomic E-state index is 10.3. The summed E-state index contributed by atoms with van der Waals surface area (Å²) in [7, 11) is 0. The number of hydrogen-bond acceptors (Lipinski definition) is 3. The largest absolute Gasteiger partial charge is 0.466 e. The van der Waals surface area contributed by atoms with Crippen LogP contribution in [0.5, 0.6) is 0 Å². The summed E-state index contributed by atoms with van der Waals surface area (Å²) in [6.07, 6.45) is 0.722. The molecule has 0 aliphatic rings. The van der Waals surface area contributed by atoms with Crippen molar-refractivity contribution in [3.63, 3.8) is 0 Å². The van der Waals surface area contributed by atoms with Gasteiger partial charge in [-0.05, 0) is 18.8 Å². The van der Waals surface area contributed by atoms with Gasteiger partial charge in [0.2, 0.25) is 0 Å². The molecule has 0 saturated heterocycles. The van der Waals surface area contributed by atoms with Crippen molar-refractivity contribution in [1.82, 2.24) is 0 Å². The zero-order chi connectivity index (χ0) is 12.4. The lowest BCUT2D eigenvalue weighted by atomic mass is 10.1. The molecule has 0 rings (SSSR count). The second-order valence-corrected chi connectivity index (χ2v) is 4.50. The Morgan fingerprint density at radius 1 is 1.00 bits per heavy atom. The first kappa shape index (κ1) is 16.6. The number of ketones is 1. The van der Waals surface area contributed by atoms with Gasteiger partial charge in [-0.25, -0.2) is 0 Å². The van der Waals surface area contributed by atoms with Crippen molar-refractivity contribution in [2.24, 2.45) is 11.8 Å². The van der Waals surface area contributed by atoms with Crippen molar-refractivity contribution in [1.29, 1.82) is 0 Å². The van der Waals surface area contributed by atoms with Crippen LogP contribution in [0.3, 0.4) is 0 Å². The van der Waals surface area contributed by atoms with Crippen LogP contribution in [0.2, 0.25) is 0 Å². The van der Waals surface area contributed by atoms with Crippen LogP contribution in [0, 0.1) is 11.8 Å². The summed E-state index contributed by atoms with van der Waals surface area (Å²) in [4.78, 5) is 20.4. The minimum absolute atomic E-state index is 0.196. The summed E-state index contributed by atoms with van der Waals surface area (Å²) >= 11 is 0. The van der Waals surface area contributed by atoms with E-state index in [-0.39, 0.29) is 11.8 Å². The fraction of sp³-hybridized carbons (Fsp3) is 0.833. The molecule has 90 valence electrons. The molecular formula is C12H24O3. The summed E-state index contributed by atoms with van der Waals surface area (Å²) in [5.41, 5.74) is 0. The smallest absolute Gasteiger partial charge is 0.302 e. The van der Waals surface area contributed by atoms with E-state index in [0.29, 0.717) is 18.4 Å². The van der Waals surface area contributed by atoms with Gasteiger partial charge >= 0.3 is 5.97 Å². The number of esters is 1. The van der Waals surface area contributed by atoms with Crippen molar-refractivity contribution in [3.05, 3.63) is 0 Å². The summed E-state index contributed by atoms with van der Waals surface area (Å²) in [5.74, 6) is 1.06. The molecule has 0 radical (unpaired) electrons. The highest BCUT2D eigenvalue weighted by molar-refractivity contribution is 5.75. The lowest BCUT2D eigenvalue weighted by molar-refractivity contribution is -0.142. The first-order valence-electron chi connectivity index (χ1n) is 5.38. The standard InChI is InChI=1S/C6H12O2.C6H12O/c1-5(2)4-8-6(3)7;1-5(2)4-6(3)7/h5H,4H2,1-3H3;5H,4H2,1-3H3. The van der Waals surface area contributed by atoms with Crippen molar-refractivity contribution < 1.29 is 14.3 Å². The Labute approximate surface area is 93.2 Å². The van der Waals surface area contributed by atoms with E-state index in [0.717, 1.165) is 6.42 Å². The third kappa shape index (κ3) is 24.6. The SMILES string of the molecule is CC(=O)CC(C)C.CC(=O)OCC(C)C. The fourth-order valence-electron chi connectivity index (χ4n) is 0.859. The topological polar surface area (TPSA) is 43.4 Å². The zero-order valence-corrected chi connectivity index (χ0v) is 10.8. The lowest BCUT2D eigenvalue weighted by Gasteiger charge is -2.02. The van der Waals surface area contributed by atoms with Gasteiger partial charge in [-0.1, -0.05) is 27.7 Å². The summed E-state index contributed by atoms with van der Waals surface area (Å²) in [6, 6.07) is 0. The van der Waals surface area contributed by atoms with E-state index in [1.807, 2.05) is 27.7 Å². The molecule has 0 spiro atoms. The molecule has 0 fully saturated rings. The zero-order valence-electron chi connectivity index (χ0n) is 10.8. The molecule has 3 heteroatoms. The van der Waals surface area contributed by atoms with E-state index in [2.05, 4.69) is 4.74 Å². The Kier molecular flexibility index (Phi) is 10.7. The molecule has 0 atom stereocenters. The first-order chi connectivity index (χ1) is 6.75. The number of carbonyl (C=O) groups is 2. The lowest BCUT2D eigenvalue weighted by Crippen LogP contribution is -2.05. The Hall–Kier alpha value is -0.860. The van der Waals surface area contributed by atoms with Crippen LogP contribution in [0.25, 0.3) is 0 Å². The van der Waals surface area contributed by atoms with Crippen molar-refractivity contribution in [2.75, 3.05) is 6.61 Å². The van der Waals surface area contributed by atoms with Gasteiger partial charge in [0, 0.05) is 13.3 Å². The number of Topliss-reactive ketones (excluding diaryl/α,β-unsaturated/α-hetero) is 1. The minimum atomic E-state index is -0.196. The quantitative estimate of drug-likeness (QED) is 0.679. The van der Waals surface area contributed by atoms with Crippen LogP contribution in [-0.4, -0.2) is 18.4 Å². The second-order valence-electron chi connectivity index (χ2n) is 4.50. The Balaban J connectivity index is 0. The number of hydrogen-bond donors (Lipinski definition) is 0. The summed E-state index contributed by atoms with van der Waals surface area (Å²) < 4.78 is 4.66. The number of carbonyl (C=O) groups excluding carboxylic acids is 2. The van der Waals surface area contributed by atoms with Crippen molar-refractivity contribution >= 4 is 11.8 Å². The highest BCUT2D eigenvalue weighted by Gasteiger charge is 1.95. The third-order valence-corrected chi connectivity index (χ3v) is 1.32. The van der Waals surface area contributed by atoms with Crippen LogP contribution < -0.4 is 0 Å². The van der Waals surface area contributed by atoms with Gasteiger partial charge in [0.15, 0.2) is 0 Å². The molecule has 0 aromatic heterocycles. The molecule has 0 heterocycles. The highest BCUT2D eigenvalue weighted by Crippen LogP contribution is 1.97. The van der Waals surface area contributed by atoms with Gasteiger partial charge in [-0.15, -0.1) is 0 Å². The normalized spacial score (nSPS) is 9.60. The second kappa shape index (κ2) is 9.69. The third-order valence-electron chi connectivity index (χ3n) is 1.32. The molecule has 0 bridgehead atoms. The minimum Gasteiger partial charge on any atom is -0.466 e. The van der Waals surface area contributed by atoms with Crippen molar-refractivity contribution in [2.45, 2.75) is 48.0 Å². The summed E-state index contributed by atoms with van der Waals surface area (Å²) in [5, 5.41) is 0. The molecule has 0 N–H and O–H groups in total. The maximum atomic E-state index is 10.3. The monoisotopic (exact) mass is 216 g/mol. The fourth-order valence-corrected chi connectivity index (χ4v) is 0.859. The summed E-state index contributed by atoms with van der Waals surface area (Å²) in [6.45, 7) is 11.7. The van der Waals surface area contributed by atoms with E-state index in [9.17, 15) is 9.59 Å².